The zero-order valence-electron chi connectivity index (χ0n) is 2.86. The van der Waals surface area contributed by atoms with Crippen LogP contribution in [0.3, 0.4) is 0 Å². The van der Waals surface area contributed by atoms with Crippen LogP contribution in [-0.4, -0.2) is 0 Å². The molecule has 0 aromatic rings. The summed E-state index contributed by atoms with van der Waals surface area (Å²) in [5.74, 6) is 0. The van der Waals surface area contributed by atoms with Gasteiger partial charge < -0.3 is 27.4 Å². The van der Waals surface area contributed by atoms with Crippen LogP contribution < -0.4 is 0 Å². The summed E-state index contributed by atoms with van der Waals surface area (Å²) in [7, 11) is 0. The molecule has 0 saturated carbocycles. The van der Waals surface area contributed by atoms with E-state index in [1.807, 2.05) is 0 Å². The van der Waals surface area contributed by atoms with Crippen LogP contribution in [0.1, 0.15) is 0 Å². The van der Waals surface area contributed by atoms with E-state index in [9.17, 15) is 0 Å². The maximum atomic E-state index is 0. The summed E-state index contributed by atoms with van der Waals surface area (Å²) in [6, 6.07) is 0. The van der Waals surface area contributed by atoms with Crippen molar-refractivity contribution in [2.75, 3.05) is 0 Å². The van der Waals surface area contributed by atoms with Crippen LogP contribution in [0.25, 0.3) is 0 Å². The maximum absolute atomic E-state index is 0. The second kappa shape index (κ2) is 113. The van der Waals surface area contributed by atoms with Gasteiger partial charge in [0.15, 0.2) is 0 Å². The maximum Gasteiger partial charge on any atom is 0 e. The molecule has 7 heteroatoms. The third kappa shape index (κ3) is 82.4. The first-order valence-electron chi connectivity index (χ1n) is 0. The second-order valence-corrected chi connectivity index (χ2v) is 0. The third-order valence-electron chi connectivity index (χ3n) is 0. The second-order valence-electron chi connectivity index (χ2n) is 0. The Labute approximate surface area is 84.9 Å². The molecule has 0 N–H and O–H groups in total. The average Bonchev–Trinajstić information content (AvgIpc) is 0. The van der Waals surface area contributed by atoms with Crippen LogP contribution in [0.2, 0.25) is 0 Å². The molecule has 0 amide bonds. The van der Waals surface area contributed by atoms with Gasteiger partial charge in [0.2, 0.25) is 0 Å². The van der Waals surface area contributed by atoms with Gasteiger partial charge in [-0.3, -0.25) is 0 Å². The molecule has 5 nitrogen and oxygen atoms in total. The summed E-state index contributed by atoms with van der Waals surface area (Å²) < 4.78 is 0. The minimum Gasteiger partial charge on any atom is -2.00 e. The Morgan fingerprint density at radius 2 is 0.286 bits per heavy atom. The van der Waals surface area contributed by atoms with Crippen molar-refractivity contribution in [3.8, 4) is 0 Å². The van der Waals surface area contributed by atoms with Gasteiger partial charge in [-0.15, -0.1) is 0 Å². The van der Waals surface area contributed by atoms with Gasteiger partial charge in [-0.2, -0.15) is 0 Å². The van der Waals surface area contributed by atoms with Gasteiger partial charge in [0.25, 0.3) is 0 Å². The molecule has 52 valence electrons. The van der Waals surface area contributed by atoms with Crippen molar-refractivity contribution < 1.29 is 85.7 Å². The Balaban J connectivity index is 0. The molecule has 0 aromatic carbocycles. The molecule has 0 aromatic heterocycles. The van der Waals surface area contributed by atoms with Gasteiger partial charge in [0.05, 0.1) is 0 Å². The minimum atomic E-state index is 0. The van der Waals surface area contributed by atoms with E-state index in [1.165, 1.54) is 0 Å². The van der Waals surface area contributed by atoms with Gasteiger partial charge in [0.1, 0.15) is 0 Å². The molecule has 0 heterocycles. The van der Waals surface area contributed by atoms with Gasteiger partial charge in [-0.1, -0.05) is 0 Å². The van der Waals surface area contributed by atoms with Crippen LogP contribution in [0.4, 0.5) is 0 Å². The Bertz CT molecular complexity index is 6.04. The van der Waals surface area contributed by atoms with E-state index in [1.54, 1.807) is 0 Å². The van der Waals surface area contributed by atoms with Crippen molar-refractivity contribution in [3.05, 3.63) is 0 Å². The number of hydrogen-bond donors (Lipinski definition) is 0. The molecule has 0 aliphatic carbocycles. The zero-order valence-corrected chi connectivity index (χ0v) is 9.66. The zero-order chi connectivity index (χ0) is 0. The van der Waals surface area contributed by atoms with E-state index in [0.29, 0.717) is 0 Å². The number of rotatable bonds is 0. The average molecular weight is 568 g/mol. The molecule has 0 spiro atoms. The van der Waals surface area contributed by atoms with E-state index >= 15 is 0 Å². The monoisotopic (exact) mass is 556 g/mol. The summed E-state index contributed by atoms with van der Waals surface area (Å²) in [6.45, 7) is 0. The molecule has 0 radical (unpaired) electrons. The van der Waals surface area contributed by atoms with Crippen molar-refractivity contribution in [3.63, 3.8) is 0 Å². The van der Waals surface area contributed by atoms with Crippen molar-refractivity contribution in [1.29, 1.82) is 0 Å². The van der Waals surface area contributed by atoms with Crippen LogP contribution in [0.15, 0.2) is 0 Å². The molecular weight excluding hydrogens is 568 g/mol. The molecule has 0 bridgehead atoms. The molecule has 0 rings (SSSR count). The van der Waals surface area contributed by atoms with Crippen LogP contribution in [-0.2, 0) is 27.4 Å². The summed E-state index contributed by atoms with van der Waals surface area (Å²) >= 11 is 0. The predicted molar refractivity (Wildman–Crippen MR) is 3.43 cm³/mol. The fourth-order valence-corrected chi connectivity index (χ4v) is 0. The van der Waals surface area contributed by atoms with Crippen molar-refractivity contribution in [2.24, 2.45) is 0 Å². The van der Waals surface area contributed by atoms with E-state index in [4.69, 9.17) is 0 Å². The molecule has 0 saturated heterocycles. The smallest absolute Gasteiger partial charge is 0 e. The summed E-state index contributed by atoms with van der Waals surface area (Å²) in [6.07, 6.45) is 0. The van der Waals surface area contributed by atoms with Gasteiger partial charge in [-0.05, 0) is 0 Å². The first-order valence-corrected chi connectivity index (χ1v) is 0. The molecule has 0 fully saturated rings. The van der Waals surface area contributed by atoms with E-state index in [-0.39, 0.29) is 85.7 Å². The standard InChI is InChI=1S/5O.2Pu/q5*-2;;. The molecule has 0 aliphatic heterocycles. The quantitative estimate of drug-likeness (QED) is 0.369. The fourth-order valence-electron chi connectivity index (χ4n) is 0. The van der Waals surface area contributed by atoms with Crippen LogP contribution >= 0.6 is 0 Å². The number of hydrogen-bond acceptors (Lipinski definition) is 0. The largest absolute Gasteiger partial charge is 2.00 e. The van der Waals surface area contributed by atoms with E-state index < -0.39 is 0 Å². The van der Waals surface area contributed by atoms with Crippen molar-refractivity contribution in [1.82, 2.24) is 0 Å². The first-order chi connectivity index (χ1) is 0. The van der Waals surface area contributed by atoms with Crippen molar-refractivity contribution in [2.45, 2.75) is 0 Å². The third-order valence-corrected chi connectivity index (χ3v) is 0. The normalized spacial score (nSPS) is 0. The summed E-state index contributed by atoms with van der Waals surface area (Å²) in [5.41, 5.74) is 0. The Morgan fingerprint density at radius 3 is 0.286 bits per heavy atom. The minimum absolute atomic E-state index is 0. The van der Waals surface area contributed by atoms with Gasteiger partial charge in [-0.25, -0.2) is 0 Å². The first kappa shape index (κ1) is 168. The van der Waals surface area contributed by atoms with E-state index in [2.05, 4.69) is 0 Å². The van der Waals surface area contributed by atoms with E-state index in [0.717, 1.165) is 0 Å². The van der Waals surface area contributed by atoms with Crippen LogP contribution in [0, 0.1) is 58.3 Å². The van der Waals surface area contributed by atoms with Crippen LogP contribution in [0.5, 0.6) is 0 Å². The Hall–Kier alpha value is 1.77. The molecular formula is O5Pu2-10. The molecule has 0 atom stereocenters. The Morgan fingerprint density at radius 1 is 0.286 bits per heavy atom. The van der Waals surface area contributed by atoms with Gasteiger partial charge >= 0.3 is 0 Å². The van der Waals surface area contributed by atoms with Crippen molar-refractivity contribution >= 4 is 0 Å². The Kier molecular flexibility index (Phi) is 2730. The SMILES string of the molecule is [O-2].[O-2].[O-2].[O-2].[O-2].[Pu].[Pu]. The molecule has 0 unspecified atom stereocenters. The molecule has 7 heavy (non-hydrogen) atoms. The summed E-state index contributed by atoms with van der Waals surface area (Å²) in [4.78, 5) is 0. The summed E-state index contributed by atoms with van der Waals surface area (Å²) in [5, 5.41) is 0. The van der Waals surface area contributed by atoms with Gasteiger partial charge in [0, 0.05) is 58.3 Å². The molecule has 0 aliphatic rings. The predicted octanol–water partition coefficient (Wildman–Crippen LogP) is -0.594. The fraction of sp³-hybridized carbons (Fsp3) is 0. The topological polar surface area (TPSA) is 142 Å².